The molecular formula is C107H120N10. The maximum Gasteiger partial charge on any atom is 0.102 e. The second kappa shape index (κ2) is 28.1. The summed E-state index contributed by atoms with van der Waals surface area (Å²) >= 11 is 0. The summed E-state index contributed by atoms with van der Waals surface area (Å²) in [6.07, 6.45) is 24.9. The Bertz CT molecular complexity index is 6190. The van der Waals surface area contributed by atoms with Crippen LogP contribution in [0, 0.1) is 34.6 Å². The van der Waals surface area contributed by atoms with Crippen LogP contribution in [-0.2, 0) is 45.3 Å². The van der Waals surface area contributed by atoms with Gasteiger partial charge in [-0.3, -0.25) is 9.97 Å². The van der Waals surface area contributed by atoms with Crippen LogP contribution in [-0.4, -0.2) is 82.4 Å². The van der Waals surface area contributed by atoms with Crippen molar-refractivity contribution in [1.82, 2.24) is 29.6 Å². The summed E-state index contributed by atoms with van der Waals surface area (Å²) in [7, 11) is 8.57. The minimum absolute atomic E-state index is 0.00831. The number of fused-ring (bicyclic) bond motifs is 18. The summed E-state index contributed by atoms with van der Waals surface area (Å²) in [5.41, 5.74) is 36.6. The van der Waals surface area contributed by atoms with Gasteiger partial charge in [-0.15, -0.1) is 0 Å². The lowest BCUT2D eigenvalue weighted by Crippen LogP contribution is -2.45. The number of benzene rings is 10. The summed E-state index contributed by atoms with van der Waals surface area (Å²) in [4.78, 5) is 28.2. The van der Waals surface area contributed by atoms with Crippen LogP contribution >= 0.6 is 0 Å². The zero-order chi connectivity index (χ0) is 83.0. The van der Waals surface area contributed by atoms with E-state index in [-0.39, 0.29) is 32.5 Å². The number of hydrogen-bond donors (Lipinski definition) is 0. The van der Waals surface area contributed by atoms with Gasteiger partial charge in [0, 0.05) is 140 Å². The lowest BCUT2D eigenvalue weighted by atomic mass is 9.54. The smallest absolute Gasteiger partial charge is 0.102 e. The molecule has 0 N–H and O–H groups in total. The van der Waals surface area contributed by atoms with Crippen molar-refractivity contribution in [3.05, 3.63) is 298 Å². The Balaban J connectivity index is 0.000000112. The third kappa shape index (κ3) is 12.1. The number of nitrogens with zero attached hydrogens (tertiary/aromatic N) is 10. The van der Waals surface area contributed by atoms with E-state index in [2.05, 4.69) is 419 Å². The maximum atomic E-state index is 4.84. The number of anilines is 4. The molecule has 10 heteroatoms. The summed E-state index contributed by atoms with van der Waals surface area (Å²) in [6, 6.07) is 61.6. The van der Waals surface area contributed by atoms with Crippen LogP contribution in [0.5, 0.6) is 0 Å². The number of pyridine rings is 2. The van der Waals surface area contributed by atoms with Gasteiger partial charge in [-0.25, -0.2) is 0 Å². The van der Waals surface area contributed by atoms with Gasteiger partial charge in [0.15, 0.2) is 0 Å². The van der Waals surface area contributed by atoms with E-state index in [4.69, 9.17) is 4.98 Å². The van der Waals surface area contributed by atoms with Gasteiger partial charge < -0.3 is 39.2 Å². The predicted molar refractivity (Wildman–Crippen MR) is 498 cm³/mol. The average molecular weight is 1550 g/mol. The van der Waals surface area contributed by atoms with Crippen LogP contribution in [0.4, 0.5) is 22.7 Å². The largest absolute Gasteiger partial charge is 0.359 e. The third-order valence-corrected chi connectivity index (χ3v) is 30.5. The summed E-state index contributed by atoms with van der Waals surface area (Å²) in [5.74, 6) is 0. The molecule has 4 atom stereocenters. The standard InChI is InChI=1S/C29H34N2.2C27H31N3.C24H24N2/c1-18-9-11-22-21(15-18)10-12-23-24-17-26(31-14-13-30(8)20(31)3)19(2)16-25(24)28(4,5)29(6,7)27(22)23;1-17-10-12-21-20-13-11-19-9-8-14-28-24(19)22(20)26(3,4)27(5,6)23(21)25(17)30-16-15-29(7)18(30)2;1-17-13-22-21(16-25(17)30-12-11-29(7)18(30)2)20-15-24-19(9-8-10-28-24)14-23(20)27(5,6)26(22,3)4;1-16-8-10-21-22(24(16)26-13-12-25(3)17(26)2)11-9-20-14-18-6-4-5-7-19(18)15-23(20)21/h9-17,20H,1-8H3;2*8-16,18H,1-7H3;4-8,10,12-15,17H,9,11H2,1-3H3/t20-;2*18-;17-/m0000/s1. The molecule has 8 aliphatic rings. The van der Waals surface area contributed by atoms with E-state index in [9.17, 15) is 0 Å². The minimum Gasteiger partial charge on any atom is -0.359 e. The Morgan fingerprint density at radius 2 is 0.744 bits per heavy atom. The summed E-state index contributed by atoms with van der Waals surface area (Å²) < 4.78 is 0. The lowest BCUT2D eigenvalue weighted by Gasteiger charge is -2.50. The first-order valence-electron chi connectivity index (χ1n) is 42.6. The molecule has 0 fully saturated rings. The Labute approximate surface area is 697 Å². The molecule has 20 rings (SSSR count). The van der Waals surface area contributed by atoms with Crippen LogP contribution in [0.25, 0.3) is 87.9 Å². The van der Waals surface area contributed by atoms with Gasteiger partial charge >= 0.3 is 0 Å². The van der Waals surface area contributed by atoms with Gasteiger partial charge in [0.1, 0.15) is 24.7 Å². The first kappa shape index (κ1) is 78.4. The maximum absolute atomic E-state index is 4.84. The molecule has 6 heterocycles. The highest BCUT2D eigenvalue weighted by Crippen LogP contribution is 2.61. The van der Waals surface area contributed by atoms with Gasteiger partial charge in [-0.05, 0) is 267 Å². The van der Waals surface area contributed by atoms with Gasteiger partial charge in [-0.2, -0.15) is 0 Å². The van der Waals surface area contributed by atoms with Crippen molar-refractivity contribution in [2.45, 2.75) is 215 Å². The first-order valence-corrected chi connectivity index (χ1v) is 42.6. The van der Waals surface area contributed by atoms with E-state index < -0.39 is 0 Å². The fourth-order valence-electron chi connectivity index (χ4n) is 20.7. The van der Waals surface area contributed by atoms with Crippen molar-refractivity contribution in [2.75, 3.05) is 47.8 Å². The van der Waals surface area contributed by atoms with Crippen molar-refractivity contribution < 1.29 is 0 Å². The molecule has 0 amide bonds. The van der Waals surface area contributed by atoms with Gasteiger partial charge in [0.25, 0.3) is 0 Å². The minimum atomic E-state index is -0.0790. The monoisotopic (exact) mass is 1540 g/mol. The average Bonchev–Trinajstić information content (AvgIpc) is 0.831. The molecule has 12 aromatic rings. The van der Waals surface area contributed by atoms with Gasteiger partial charge in [0.2, 0.25) is 0 Å². The molecule has 0 spiro atoms. The highest BCUT2D eigenvalue weighted by Gasteiger charge is 2.52. The van der Waals surface area contributed by atoms with Crippen LogP contribution < -0.4 is 19.6 Å². The molecule has 2 aromatic heterocycles. The first-order chi connectivity index (χ1) is 55.5. The highest BCUT2D eigenvalue weighted by molar-refractivity contribution is 5.99. The molecule has 10 nitrogen and oxygen atoms in total. The zero-order valence-electron chi connectivity index (χ0n) is 74.1. The third-order valence-electron chi connectivity index (χ3n) is 30.5. The van der Waals surface area contributed by atoms with E-state index in [1.54, 1.807) is 0 Å². The Kier molecular flexibility index (Phi) is 18.8. The van der Waals surface area contributed by atoms with E-state index in [0.29, 0.717) is 24.7 Å². The number of aryl methyl sites for hydroxylation is 6. The molecule has 10 aromatic carbocycles. The van der Waals surface area contributed by atoms with Gasteiger partial charge in [0.05, 0.1) is 11.0 Å². The molecule has 4 aliphatic carbocycles. The fraction of sp³-hybridized carbons (Fsp3) is 0.346. The van der Waals surface area contributed by atoms with E-state index in [0.717, 1.165) is 23.9 Å². The quantitative estimate of drug-likeness (QED) is 0.170. The fourth-order valence-corrected chi connectivity index (χ4v) is 20.7. The molecule has 117 heavy (non-hydrogen) atoms. The van der Waals surface area contributed by atoms with Crippen LogP contribution in [0.15, 0.2) is 226 Å². The number of rotatable bonds is 4. The van der Waals surface area contributed by atoms with Crippen LogP contribution in [0.3, 0.4) is 0 Å². The van der Waals surface area contributed by atoms with E-state index in [1.165, 1.54) is 172 Å². The highest BCUT2D eigenvalue weighted by atomic mass is 15.4. The summed E-state index contributed by atoms with van der Waals surface area (Å²) in [6.45, 7) is 49.1. The number of hydrogen-bond acceptors (Lipinski definition) is 10. The lowest BCUT2D eigenvalue weighted by molar-refractivity contribution is 0.299. The molecule has 0 saturated carbocycles. The zero-order valence-corrected chi connectivity index (χ0v) is 74.1. The number of aromatic nitrogens is 2. The second-order valence-corrected chi connectivity index (χ2v) is 38.3. The molecular weight excluding hydrogens is 1430 g/mol. The molecule has 0 saturated heterocycles. The van der Waals surface area contributed by atoms with Gasteiger partial charge in [-0.1, -0.05) is 210 Å². The van der Waals surface area contributed by atoms with Crippen molar-refractivity contribution in [3.8, 4) is 44.5 Å². The molecule has 598 valence electrons. The molecule has 0 unspecified atom stereocenters. The van der Waals surface area contributed by atoms with Crippen molar-refractivity contribution >= 4 is 66.1 Å². The van der Waals surface area contributed by atoms with Crippen molar-refractivity contribution in [2.24, 2.45) is 0 Å². The normalized spacial score (nSPS) is 20.4. The second-order valence-electron chi connectivity index (χ2n) is 38.3. The molecule has 4 aliphatic heterocycles. The van der Waals surface area contributed by atoms with Crippen LogP contribution in [0.2, 0.25) is 0 Å². The topological polar surface area (TPSA) is 51.7 Å². The van der Waals surface area contributed by atoms with Crippen molar-refractivity contribution in [3.63, 3.8) is 0 Å². The Morgan fingerprint density at radius 1 is 0.308 bits per heavy atom. The van der Waals surface area contributed by atoms with E-state index >= 15 is 0 Å². The predicted octanol–water partition coefficient (Wildman–Crippen LogP) is 25.4. The SMILES string of the molecule is Cc1cc2c(cc1N1C=CN(C)[C@@H]1C)-c1cc3ncccc3cc1C(C)(C)C2(C)C.Cc1ccc2c(c1N1C=CN(C)[C@@H]1C)C(C)(C)C(C)(C)c1c-2ccc2cccnc12.Cc1ccc2c(c1N1C=CN(C)[C@@H]1C)CCc1cc3ccccc3cc1-2.Cc1ccc2c3c(ccc2c1)-c1cc(N2C=CN(C)[C@@H]2C)c(C)cc1C(C)(C)C3(C)C. The molecule has 0 bridgehead atoms. The van der Waals surface area contributed by atoms with Crippen molar-refractivity contribution in [1.29, 1.82) is 0 Å². The molecule has 0 radical (unpaired) electrons. The Morgan fingerprint density at radius 3 is 1.32 bits per heavy atom. The van der Waals surface area contributed by atoms with E-state index in [1.807, 2.05) is 24.5 Å². The summed E-state index contributed by atoms with van der Waals surface area (Å²) in [5, 5.41) is 7.84. The van der Waals surface area contributed by atoms with Crippen LogP contribution in [0.1, 0.15) is 183 Å². The Hall–Kier alpha value is -11.1.